The van der Waals surface area contributed by atoms with Gasteiger partial charge in [0, 0.05) is 52.8 Å². The molecule has 0 radical (unpaired) electrons. The maximum absolute atomic E-state index is 6.42. The second kappa shape index (κ2) is 8.57. The Kier molecular flexibility index (Phi) is 4.63. The minimum absolute atomic E-state index is 0.930. The molecule has 0 unspecified atom stereocenters. The van der Waals surface area contributed by atoms with Gasteiger partial charge in [0.2, 0.25) is 0 Å². The third-order valence-corrected chi connectivity index (χ3v) is 10.2. The van der Waals surface area contributed by atoms with Crippen LogP contribution in [0.1, 0.15) is 0 Å². The number of hydrogen-bond acceptors (Lipinski definition) is 2. The predicted molar refractivity (Wildman–Crippen MR) is 184 cm³/mol. The molecule has 0 spiro atoms. The summed E-state index contributed by atoms with van der Waals surface area (Å²) >= 11 is 1.88. The van der Waals surface area contributed by atoms with E-state index in [-0.39, 0.29) is 0 Å². The predicted octanol–water partition coefficient (Wildman–Crippen LogP) is 11.9. The van der Waals surface area contributed by atoms with E-state index in [1.807, 2.05) is 17.4 Å². The number of para-hydroxylation sites is 2. The molecule has 2 nitrogen and oxygen atoms in total. The Morgan fingerprint density at radius 2 is 1.16 bits per heavy atom. The molecule has 3 heteroatoms. The van der Waals surface area contributed by atoms with Gasteiger partial charge in [0.1, 0.15) is 11.2 Å². The van der Waals surface area contributed by atoms with Crippen molar-refractivity contribution >= 4 is 86.0 Å². The molecule has 43 heavy (non-hydrogen) atoms. The van der Waals surface area contributed by atoms with Gasteiger partial charge in [-0.1, -0.05) is 91.0 Å². The summed E-state index contributed by atoms with van der Waals surface area (Å²) < 4.78 is 11.5. The Labute approximate surface area is 250 Å². The van der Waals surface area contributed by atoms with Crippen molar-refractivity contribution in [2.75, 3.05) is 0 Å². The SMILES string of the molecule is c1ccc2c(c1)oc1c2ccc2c1ccc1c2c2ccccc2n1-c1ccc(-c2cccc3c2sc2ccccc23)cc1. The summed E-state index contributed by atoms with van der Waals surface area (Å²) in [5.41, 5.74) is 7.96. The fraction of sp³-hybridized carbons (Fsp3) is 0. The smallest absolute Gasteiger partial charge is 0.143 e. The van der Waals surface area contributed by atoms with Gasteiger partial charge in [-0.25, -0.2) is 0 Å². The van der Waals surface area contributed by atoms with Crippen molar-refractivity contribution in [1.29, 1.82) is 0 Å². The van der Waals surface area contributed by atoms with E-state index in [2.05, 4.69) is 138 Å². The summed E-state index contributed by atoms with van der Waals surface area (Å²) in [5.74, 6) is 0. The summed E-state index contributed by atoms with van der Waals surface area (Å²) in [7, 11) is 0. The number of thiophene rings is 1. The maximum atomic E-state index is 6.42. The first-order chi connectivity index (χ1) is 21.3. The van der Waals surface area contributed by atoms with Crippen LogP contribution in [0.15, 0.2) is 144 Å². The van der Waals surface area contributed by atoms with Gasteiger partial charge in [-0.15, -0.1) is 11.3 Å². The van der Waals surface area contributed by atoms with Crippen molar-refractivity contribution in [3.63, 3.8) is 0 Å². The lowest BCUT2D eigenvalue weighted by molar-refractivity contribution is 0.672. The van der Waals surface area contributed by atoms with E-state index >= 15 is 0 Å². The standard InChI is InChI=1S/C40H23NOS/c1-4-13-34-33(10-1)38-29-20-21-30-27-8-2-5-14-36(27)42-39(30)31(29)22-23-35(38)41(34)25-18-16-24(17-19-25)26-11-7-12-32-28-9-3-6-15-37(28)43-40(26)32/h1-23H. The van der Waals surface area contributed by atoms with Crippen LogP contribution in [-0.2, 0) is 0 Å². The Morgan fingerprint density at radius 1 is 0.465 bits per heavy atom. The van der Waals surface area contributed by atoms with Gasteiger partial charge >= 0.3 is 0 Å². The highest BCUT2D eigenvalue weighted by Crippen LogP contribution is 2.42. The zero-order valence-corrected chi connectivity index (χ0v) is 23.9. The number of furan rings is 1. The van der Waals surface area contributed by atoms with Crippen LogP contribution < -0.4 is 0 Å². The lowest BCUT2D eigenvalue weighted by Gasteiger charge is -2.10. The molecule has 0 amide bonds. The maximum Gasteiger partial charge on any atom is 0.143 e. The fourth-order valence-corrected chi connectivity index (χ4v) is 8.34. The van der Waals surface area contributed by atoms with E-state index in [1.165, 1.54) is 58.5 Å². The molecule has 0 aliphatic heterocycles. The molecule has 7 aromatic carbocycles. The third-order valence-electron chi connectivity index (χ3n) is 9.01. The Balaban J connectivity index is 1.19. The van der Waals surface area contributed by atoms with Crippen LogP contribution in [-0.4, -0.2) is 4.57 Å². The zero-order valence-electron chi connectivity index (χ0n) is 23.0. The summed E-state index contributed by atoms with van der Waals surface area (Å²) in [6.45, 7) is 0. The molecule has 3 aromatic heterocycles. The number of fused-ring (bicyclic) bond motifs is 12. The molecule has 0 fully saturated rings. The van der Waals surface area contributed by atoms with E-state index in [0.29, 0.717) is 0 Å². The van der Waals surface area contributed by atoms with Gasteiger partial charge in [-0.2, -0.15) is 0 Å². The number of nitrogens with zero attached hydrogens (tertiary/aromatic N) is 1. The van der Waals surface area contributed by atoms with E-state index in [0.717, 1.165) is 33.0 Å². The van der Waals surface area contributed by atoms with Gasteiger partial charge in [-0.05, 0) is 65.0 Å². The Bertz CT molecular complexity index is 2720. The Hall–Kier alpha value is -5.38. The number of rotatable bonds is 2. The number of benzene rings is 7. The van der Waals surface area contributed by atoms with Crippen LogP contribution in [0.2, 0.25) is 0 Å². The first-order valence-corrected chi connectivity index (χ1v) is 15.4. The molecule has 0 saturated carbocycles. The van der Waals surface area contributed by atoms with Crippen LogP contribution in [0.5, 0.6) is 0 Å². The van der Waals surface area contributed by atoms with Crippen LogP contribution in [0.25, 0.3) is 91.5 Å². The first kappa shape index (κ1) is 23.2. The zero-order chi connectivity index (χ0) is 28.1. The lowest BCUT2D eigenvalue weighted by atomic mass is 10.0. The molecular weight excluding hydrogens is 543 g/mol. The number of hydrogen-bond donors (Lipinski definition) is 0. The van der Waals surface area contributed by atoms with Crippen molar-refractivity contribution in [3.8, 4) is 16.8 Å². The average molecular weight is 566 g/mol. The van der Waals surface area contributed by atoms with Crippen molar-refractivity contribution in [2.24, 2.45) is 0 Å². The van der Waals surface area contributed by atoms with Crippen molar-refractivity contribution in [1.82, 2.24) is 4.57 Å². The molecule has 0 saturated heterocycles. The van der Waals surface area contributed by atoms with Crippen LogP contribution in [0.4, 0.5) is 0 Å². The van der Waals surface area contributed by atoms with Crippen molar-refractivity contribution in [2.45, 2.75) is 0 Å². The summed E-state index contributed by atoms with van der Waals surface area (Å²) in [6, 6.07) is 50.5. The summed E-state index contributed by atoms with van der Waals surface area (Å²) in [4.78, 5) is 0. The molecule has 0 aliphatic rings. The van der Waals surface area contributed by atoms with Gasteiger partial charge in [0.05, 0.1) is 11.0 Å². The summed E-state index contributed by atoms with van der Waals surface area (Å²) in [5, 5.41) is 9.85. The highest BCUT2D eigenvalue weighted by Gasteiger charge is 2.18. The largest absolute Gasteiger partial charge is 0.455 e. The second-order valence-corrected chi connectivity index (χ2v) is 12.3. The van der Waals surface area contributed by atoms with Gasteiger partial charge < -0.3 is 8.98 Å². The molecule has 3 heterocycles. The normalized spacial score (nSPS) is 12.2. The lowest BCUT2D eigenvalue weighted by Crippen LogP contribution is -1.93. The van der Waals surface area contributed by atoms with E-state index in [1.54, 1.807) is 0 Å². The highest BCUT2D eigenvalue weighted by molar-refractivity contribution is 7.26. The molecule has 10 rings (SSSR count). The highest BCUT2D eigenvalue weighted by atomic mass is 32.1. The minimum Gasteiger partial charge on any atom is -0.455 e. The second-order valence-electron chi connectivity index (χ2n) is 11.3. The van der Waals surface area contributed by atoms with Gasteiger partial charge in [-0.3, -0.25) is 0 Å². The van der Waals surface area contributed by atoms with Gasteiger partial charge in [0.15, 0.2) is 0 Å². The van der Waals surface area contributed by atoms with Crippen molar-refractivity contribution in [3.05, 3.63) is 140 Å². The third kappa shape index (κ3) is 3.17. The molecule has 0 aliphatic carbocycles. The van der Waals surface area contributed by atoms with Crippen LogP contribution in [0.3, 0.4) is 0 Å². The summed E-state index contributed by atoms with van der Waals surface area (Å²) in [6.07, 6.45) is 0. The van der Waals surface area contributed by atoms with E-state index in [9.17, 15) is 0 Å². The topological polar surface area (TPSA) is 18.1 Å². The van der Waals surface area contributed by atoms with E-state index in [4.69, 9.17) is 4.42 Å². The Morgan fingerprint density at radius 3 is 2.07 bits per heavy atom. The first-order valence-electron chi connectivity index (χ1n) is 14.6. The van der Waals surface area contributed by atoms with Crippen molar-refractivity contribution < 1.29 is 4.42 Å². The quantitative estimate of drug-likeness (QED) is 0.204. The average Bonchev–Trinajstić information content (AvgIpc) is 3.74. The molecular formula is C40H23NOS. The molecule has 0 atom stereocenters. The molecule has 0 bridgehead atoms. The molecule has 10 aromatic rings. The monoisotopic (exact) mass is 565 g/mol. The van der Waals surface area contributed by atoms with Gasteiger partial charge in [0.25, 0.3) is 0 Å². The van der Waals surface area contributed by atoms with E-state index < -0.39 is 0 Å². The van der Waals surface area contributed by atoms with Crippen LogP contribution in [0, 0.1) is 0 Å². The number of aromatic nitrogens is 1. The fourth-order valence-electron chi connectivity index (χ4n) is 7.10. The minimum atomic E-state index is 0.930. The molecule has 200 valence electrons. The molecule has 0 N–H and O–H groups in total. The van der Waals surface area contributed by atoms with Crippen LogP contribution >= 0.6 is 11.3 Å².